The molecule has 35 heavy (non-hydrogen) atoms. The van der Waals surface area contributed by atoms with E-state index in [0.717, 1.165) is 22.3 Å². The number of amides is 2. The van der Waals surface area contributed by atoms with E-state index in [4.69, 9.17) is 4.74 Å². The van der Waals surface area contributed by atoms with Gasteiger partial charge in [0.05, 0.1) is 6.33 Å². The minimum atomic E-state index is -1.11. The number of carbonyl (C=O) groups excluding carboxylic acids is 2. The molecule has 3 aromatic rings. The maximum Gasteiger partial charge on any atom is 0.407 e. The Labute approximate surface area is 201 Å². The zero-order chi connectivity index (χ0) is 24.4. The zero-order valence-corrected chi connectivity index (χ0v) is 18.9. The van der Waals surface area contributed by atoms with E-state index in [1.54, 1.807) is 0 Å². The number of hydrogen-bond acceptors (Lipinski definition) is 5. The van der Waals surface area contributed by atoms with Crippen molar-refractivity contribution < 1.29 is 24.2 Å². The normalized spacial score (nSPS) is 18.7. The fraction of sp³-hybridized carbons (Fsp3) is 0.308. The Hall–Kier alpha value is -4.14. The standard InChI is InChI=1S/C26H26N4O5/c31-24(30-23(25(32)33)10-16-12-27-14-29-16)21-9-15(21)11-28-26(34)35-13-22-19-7-3-1-5-17(19)18-6-2-4-8-20(18)22/h1-8,12,14-15,21-23H,9-11,13H2,(H,27,29)(H,28,34)(H,30,31)(H,32,33). The lowest BCUT2D eigenvalue weighted by atomic mass is 9.98. The lowest BCUT2D eigenvalue weighted by Gasteiger charge is -2.15. The Morgan fingerprint density at radius 3 is 2.40 bits per heavy atom. The second-order valence-corrected chi connectivity index (χ2v) is 8.99. The molecule has 5 rings (SSSR count). The van der Waals surface area contributed by atoms with Gasteiger partial charge in [0.2, 0.25) is 5.91 Å². The molecule has 2 aliphatic carbocycles. The number of aromatic amines is 1. The van der Waals surface area contributed by atoms with Gasteiger partial charge in [-0.25, -0.2) is 14.6 Å². The van der Waals surface area contributed by atoms with Crippen molar-refractivity contribution in [3.8, 4) is 11.1 Å². The van der Waals surface area contributed by atoms with Gasteiger partial charge in [0.15, 0.2) is 0 Å². The number of carboxylic acid groups (broad SMARTS) is 1. The number of ether oxygens (including phenoxy) is 1. The monoisotopic (exact) mass is 474 g/mol. The van der Waals surface area contributed by atoms with Crippen molar-refractivity contribution >= 4 is 18.0 Å². The molecule has 2 aliphatic rings. The van der Waals surface area contributed by atoms with E-state index in [-0.39, 0.29) is 36.7 Å². The summed E-state index contributed by atoms with van der Waals surface area (Å²) in [6.45, 7) is 0.523. The molecule has 1 aromatic heterocycles. The number of rotatable bonds is 9. The van der Waals surface area contributed by atoms with Crippen molar-refractivity contribution in [1.29, 1.82) is 0 Å². The first kappa shape index (κ1) is 22.6. The van der Waals surface area contributed by atoms with Crippen LogP contribution in [-0.2, 0) is 20.7 Å². The maximum absolute atomic E-state index is 12.5. The molecule has 1 heterocycles. The van der Waals surface area contributed by atoms with Gasteiger partial charge < -0.3 is 25.5 Å². The number of nitrogens with one attached hydrogen (secondary N) is 3. The van der Waals surface area contributed by atoms with Crippen LogP contribution in [0.4, 0.5) is 4.79 Å². The Morgan fingerprint density at radius 2 is 1.77 bits per heavy atom. The fourth-order valence-electron chi connectivity index (χ4n) is 4.75. The number of H-pyrrole nitrogens is 1. The number of benzene rings is 2. The van der Waals surface area contributed by atoms with Crippen molar-refractivity contribution in [1.82, 2.24) is 20.6 Å². The Balaban J connectivity index is 1.09. The number of fused-ring (bicyclic) bond motifs is 3. The highest BCUT2D eigenvalue weighted by atomic mass is 16.5. The van der Waals surface area contributed by atoms with Crippen molar-refractivity contribution in [3.63, 3.8) is 0 Å². The van der Waals surface area contributed by atoms with Crippen LogP contribution in [-0.4, -0.2) is 52.2 Å². The summed E-state index contributed by atoms with van der Waals surface area (Å²) in [6, 6.07) is 15.2. The fourth-order valence-corrected chi connectivity index (χ4v) is 4.75. The molecule has 0 saturated heterocycles. The summed E-state index contributed by atoms with van der Waals surface area (Å²) < 4.78 is 5.53. The van der Waals surface area contributed by atoms with Crippen molar-refractivity contribution in [3.05, 3.63) is 77.9 Å². The van der Waals surface area contributed by atoms with E-state index in [1.165, 1.54) is 12.5 Å². The topological polar surface area (TPSA) is 133 Å². The number of aromatic nitrogens is 2. The minimum absolute atomic E-state index is 0.0181. The Kier molecular flexibility index (Phi) is 6.22. The predicted octanol–water partition coefficient (Wildman–Crippen LogP) is 2.70. The molecule has 9 heteroatoms. The van der Waals surface area contributed by atoms with Gasteiger partial charge in [-0.1, -0.05) is 48.5 Å². The molecule has 4 N–H and O–H groups in total. The Bertz CT molecular complexity index is 1200. The summed E-state index contributed by atoms with van der Waals surface area (Å²) in [5.74, 6) is -1.82. The van der Waals surface area contributed by atoms with Crippen LogP contribution in [0.5, 0.6) is 0 Å². The zero-order valence-electron chi connectivity index (χ0n) is 18.9. The molecule has 3 atom stereocenters. The highest BCUT2D eigenvalue weighted by Gasteiger charge is 2.44. The van der Waals surface area contributed by atoms with Crippen LogP contribution >= 0.6 is 0 Å². The molecule has 180 valence electrons. The minimum Gasteiger partial charge on any atom is -0.480 e. The molecule has 0 spiro atoms. The first-order valence-corrected chi connectivity index (χ1v) is 11.6. The van der Waals surface area contributed by atoms with E-state index in [0.29, 0.717) is 18.7 Å². The summed E-state index contributed by atoms with van der Waals surface area (Å²) in [7, 11) is 0. The van der Waals surface area contributed by atoms with Crippen molar-refractivity contribution in [2.24, 2.45) is 11.8 Å². The molecule has 0 bridgehead atoms. The number of carbonyl (C=O) groups is 3. The first-order valence-electron chi connectivity index (χ1n) is 11.6. The average molecular weight is 475 g/mol. The van der Waals surface area contributed by atoms with Gasteiger partial charge in [-0.05, 0) is 34.6 Å². The predicted molar refractivity (Wildman–Crippen MR) is 127 cm³/mol. The molecule has 1 fully saturated rings. The number of hydrogen-bond donors (Lipinski definition) is 4. The molecule has 9 nitrogen and oxygen atoms in total. The van der Waals surface area contributed by atoms with Crippen LogP contribution in [0.15, 0.2) is 61.1 Å². The highest BCUT2D eigenvalue weighted by Crippen LogP contribution is 2.44. The quantitative estimate of drug-likeness (QED) is 0.377. The van der Waals surface area contributed by atoms with Gasteiger partial charge in [-0.2, -0.15) is 0 Å². The molecular formula is C26H26N4O5. The maximum atomic E-state index is 12.5. The van der Waals surface area contributed by atoms with Gasteiger partial charge in [0.1, 0.15) is 12.6 Å². The van der Waals surface area contributed by atoms with E-state index < -0.39 is 18.1 Å². The van der Waals surface area contributed by atoms with Crippen LogP contribution in [0.25, 0.3) is 11.1 Å². The third-order valence-electron chi connectivity index (χ3n) is 6.71. The SMILES string of the molecule is O=C(NCC1CC1C(=O)NC(Cc1cnc[nH]1)C(=O)O)OCC1c2ccccc2-c2ccccc21. The molecular weight excluding hydrogens is 448 g/mol. The lowest BCUT2D eigenvalue weighted by Crippen LogP contribution is -2.43. The van der Waals surface area contributed by atoms with E-state index in [2.05, 4.69) is 44.9 Å². The second-order valence-electron chi connectivity index (χ2n) is 8.99. The summed E-state index contributed by atoms with van der Waals surface area (Å²) in [5.41, 5.74) is 5.24. The highest BCUT2D eigenvalue weighted by molar-refractivity contribution is 5.87. The van der Waals surface area contributed by atoms with Crippen LogP contribution in [0.2, 0.25) is 0 Å². The van der Waals surface area contributed by atoms with Crippen molar-refractivity contribution in [2.45, 2.75) is 24.8 Å². The third-order valence-corrected chi connectivity index (χ3v) is 6.71. The molecule has 1 saturated carbocycles. The van der Waals surface area contributed by atoms with Crippen LogP contribution in [0.1, 0.15) is 29.2 Å². The largest absolute Gasteiger partial charge is 0.480 e. The molecule has 0 radical (unpaired) electrons. The number of nitrogens with zero attached hydrogens (tertiary/aromatic N) is 1. The van der Waals surface area contributed by atoms with E-state index >= 15 is 0 Å². The first-order chi connectivity index (χ1) is 17.0. The van der Waals surface area contributed by atoms with Gasteiger partial charge in [0.25, 0.3) is 0 Å². The van der Waals surface area contributed by atoms with E-state index in [1.807, 2.05) is 24.3 Å². The van der Waals surface area contributed by atoms with E-state index in [9.17, 15) is 19.5 Å². The van der Waals surface area contributed by atoms with Gasteiger partial charge in [0, 0.05) is 36.7 Å². The van der Waals surface area contributed by atoms with Gasteiger partial charge in [-0.15, -0.1) is 0 Å². The van der Waals surface area contributed by atoms with Gasteiger partial charge >= 0.3 is 12.1 Å². The van der Waals surface area contributed by atoms with Crippen molar-refractivity contribution in [2.75, 3.05) is 13.2 Å². The number of carboxylic acids is 1. The third kappa shape index (κ3) is 4.89. The summed E-state index contributed by atoms with van der Waals surface area (Å²) in [4.78, 5) is 43.1. The number of imidazole rings is 1. The summed E-state index contributed by atoms with van der Waals surface area (Å²) in [5, 5.41) is 14.7. The Morgan fingerprint density at radius 1 is 1.09 bits per heavy atom. The number of alkyl carbamates (subject to hydrolysis) is 1. The lowest BCUT2D eigenvalue weighted by molar-refractivity contribution is -0.142. The molecule has 0 aliphatic heterocycles. The van der Waals surface area contributed by atoms with Crippen LogP contribution < -0.4 is 10.6 Å². The molecule has 2 amide bonds. The van der Waals surface area contributed by atoms with Crippen LogP contribution in [0.3, 0.4) is 0 Å². The summed E-state index contributed by atoms with van der Waals surface area (Å²) >= 11 is 0. The molecule has 2 aromatic carbocycles. The van der Waals surface area contributed by atoms with Crippen LogP contribution in [0, 0.1) is 11.8 Å². The number of aliphatic carboxylic acids is 1. The van der Waals surface area contributed by atoms with Gasteiger partial charge in [-0.3, -0.25) is 4.79 Å². The second kappa shape index (κ2) is 9.61. The molecule has 3 unspecified atom stereocenters. The summed E-state index contributed by atoms with van der Waals surface area (Å²) in [6.07, 6.45) is 3.17. The average Bonchev–Trinajstić information content (AvgIpc) is 3.32. The smallest absolute Gasteiger partial charge is 0.407 e.